The Bertz CT molecular complexity index is 488. The highest BCUT2D eigenvalue weighted by Crippen LogP contribution is 2.26. The van der Waals surface area contributed by atoms with E-state index in [1.54, 1.807) is 0 Å². The van der Waals surface area contributed by atoms with Gasteiger partial charge in [-0.15, -0.1) is 0 Å². The number of para-hydroxylation sites is 1. The van der Waals surface area contributed by atoms with Crippen molar-refractivity contribution in [3.05, 3.63) is 29.8 Å². The van der Waals surface area contributed by atoms with Gasteiger partial charge < -0.3 is 14.8 Å². The normalized spacial score (nSPS) is 17.4. The summed E-state index contributed by atoms with van der Waals surface area (Å²) in [5.41, 5.74) is 1.02. The van der Waals surface area contributed by atoms with Crippen molar-refractivity contribution in [2.75, 3.05) is 20.3 Å². The number of nitrogens with one attached hydrogen (secondary N) is 2. The SMILES string of the molecule is CCOc1ccccc1C1CN=C(NC(=O)OC)N1. The van der Waals surface area contributed by atoms with Gasteiger partial charge in [-0.1, -0.05) is 18.2 Å². The number of amides is 1. The lowest BCUT2D eigenvalue weighted by Crippen LogP contribution is -2.39. The van der Waals surface area contributed by atoms with Crippen LogP contribution in [0.1, 0.15) is 18.5 Å². The van der Waals surface area contributed by atoms with E-state index in [0.29, 0.717) is 19.1 Å². The second-order valence-corrected chi connectivity index (χ2v) is 3.97. The molecule has 1 unspecified atom stereocenters. The van der Waals surface area contributed by atoms with Crippen LogP contribution in [0.5, 0.6) is 5.75 Å². The smallest absolute Gasteiger partial charge is 0.413 e. The second-order valence-electron chi connectivity index (χ2n) is 3.97. The molecule has 0 bridgehead atoms. The van der Waals surface area contributed by atoms with Crippen LogP contribution in [-0.2, 0) is 4.74 Å². The van der Waals surface area contributed by atoms with Crippen LogP contribution in [-0.4, -0.2) is 32.3 Å². The highest BCUT2D eigenvalue weighted by Gasteiger charge is 2.23. The van der Waals surface area contributed by atoms with Crippen molar-refractivity contribution in [2.45, 2.75) is 13.0 Å². The Balaban J connectivity index is 2.04. The van der Waals surface area contributed by atoms with Crippen molar-refractivity contribution in [1.82, 2.24) is 10.6 Å². The summed E-state index contributed by atoms with van der Waals surface area (Å²) < 4.78 is 10.1. The summed E-state index contributed by atoms with van der Waals surface area (Å²) in [6, 6.07) is 7.78. The van der Waals surface area contributed by atoms with Gasteiger partial charge in [0.25, 0.3) is 0 Å². The molecule has 6 heteroatoms. The Morgan fingerprint density at radius 2 is 2.32 bits per heavy atom. The van der Waals surface area contributed by atoms with Crippen LogP contribution >= 0.6 is 0 Å². The quantitative estimate of drug-likeness (QED) is 0.865. The molecule has 1 aliphatic heterocycles. The molecule has 0 aliphatic carbocycles. The molecule has 1 heterocycles. The molecule has 1 amide bonds. The van der Waals surface area contributed by atoms with Crippen molar-refractivity contribution in [3.63, 3.8) is 0 Å². The van der Waals surface area contributed by atoms with Crippen molar-refractivity contribution in [2.24, 2.45) is 4.99 Å². The number of hydrogen-bond donors (Lipinski definition) is 2. The van der Waals surface area contributed by atoms with Gasteiger partial charge in [0.05, 0.1) is 26.3 Å². The molecular formula is C13H17N3O3. The first-order chi connectivity index (χ1) is 9.24. The Labute approximate surface area is 111 Å². The maximum absolute atomic E-state index is 11.1. The number of hydrogen-bond acceptors (Lipinski definition) is 5. The van der Waals surface area contributed by atoms with Gasteiger partial charge in [0.15, 0.2) is 0 Å². The fourth-order valence-electron chi connectivity index (χ4n) is 1.89. The topological polar surface area (TPSA) is 72.0 Å². The van der Waals surface area contributed by atoms with Crippen LogP contribution in [0.3, 0.4) is 0 Å². The highest BCUT2D eigenvalue weighted by molar-refractivity contribution is 5.95. The van der Waals surface area contributed by atoms with Crippen molar-refractivity contribution in [1.29, 1.82) is 0 Å². The molecule has 6 nitrogen and oxygen atoms in total. The van der Waals surface area contributed by atoms with Gasteiger partial charge in [-0.3, -0.25) is 10.3 Å². The lowest BCUT2D eigenvalue weighted by atomic mass is 10.1. The van der Waals surface area contributed by atoms with Gasteiger partial charge in [0.1, 0.15) is 5.75 Å². The number of aliphatic imine (C=N–C) groups is 1. The van der Waals surface area contributed by atoms with Gasteiger partial charge in [-0.05, 0) is 13.0 Å². The van der Waals surface area contributed by atoms with Gasteiger partial charge in [0, 0.05) is 5.56 Å². The molecule has 0 spiro atoms. The summed E-state index contributed by atoms with van der Waals surface area (Å²) in [5.74, 6) is 1.25. The van der Waals surface area contributed by atoms with Crippen molar-refractivity contribution >= 4 is 12.1 Å². The predicted octanol–water partition coefficient (Wildman–Crippen LogP) is 1.44. The van der Waals surface area contributed by atoms with Crippen molar-refractivity contribution in [3.8, 4) is 5.75 Å². The summed E-state index contributed by atoms with van der Waals surface area (Å²) in [7, 11) is 1.31. The van der Waals surface area contributed by atoms with Gasteiger partial charge in [-0.25, -0.2) is 4.79 Å². The largest absolute Gasteiger partial charge is 0.494 e. The molecule has 0 saturated carbocycles. The summed E-state index contributed by atoms with van der Waals surface area (Å²) >= 11 is 0. The monoisotopic (exact) mass is 263 g/mol. The zero-order valence-corrected chi connectivity index (χ0v) is 11.0. The molecule has 19 heavy (non-hydrogen) atoms. The molecule has 2 rings (SSSR count). The van der Waals surface area contributed by atoms with Crippen LogP contribution in [0.25, 0.3) is 0 Å². The molecule has 0 saturated heterocycles. The Morgan fingerprint density at radius 3 is 3.05 bits per heavy atom. The standard InChI is InChI=1S/C13H17N3O3/c1-3-19-11-7-5-4-6-9(11)10-8-14-12(15-10)16-13(17)18-2/h4-7,10H,3,8H2,1-2H3,(H2,14,15,16,17). The zero-order chi connectivity index (χ0) is 13.7. The molecular weight excluding hydrogens is 246 g/mol. The van der Waals surface area contributed by atoms with E-state index in [9.17, 15) is 4.79 Å². The third-order valence-electron chi connectivity index (χ3n) is 2.74. The average molecular weight is 263 g/mol. The van der Waals surface area contributed by atoms with E-state index in [1.807, 2.05) is 31.2 Å². The maximum Gasteiger partial charge on any atom is 0.413 e. The first-order valence-corrected chi connectivity index (χ1v) is 6.12. The zero-order valence-electron chi connectivity index (χ0n) is 11.0. The van der Waals surface area contributed by atoms with E-state index in [1.165, 1.54) is 7.11 Å². The summed E-state index contributed by atoms with van der Waals surface area (Å²) in [6.45, 7) is 3.10. The van der Waals surface area contributed by atoms with E-state index in [0.717, 1.165) is 11.3 Å². The number of nitrogens with zero attached hydrogens (tertiary/aromatic N) is 1. The van der Waals surface area contributed by atoms with E-state index in [-0.39, 0.29) is 6.04 Å². The molecule has 102 valence electrons. The van der Waals surface area contributed by atoms with E-state index < -0.39 is 6.09 Å². The molecule has 2 N–H and O–H groups in total. The van der Waals surface area contributed by atoms with Gasteiger partial charge >= 0.3 is 6.09 Å². The lowest BCUT2D eigenvalue weighted by Gasteiger charge is -2.16. The molecule has 0 aromatic heterocycles. The Morgan fingerprint density at radius 1 is 1.53 bits per heavy atom. The summed E-state index contributed by atoms with van der Waals surface area (Å²) in [4.78, 5) is 15.3. The Hall–Kier alpha value is -2.24. The number of ether oxygens (including phenoxy) is 2. The average Bonchev–Trinajstić information content (AvgIpc) is 2.88. The molecule has 0 radical (unpaired) electrons. The van der Waals surface area contributed by atoms with E-state index >= 15 is 0 Å². The predicted molar refractivity (Wildman–Crippen MR) is 71.3 cm³/mol. The van der Waals surface area contributed by atoms with E-state index in [2.05, 4.69) is 20.4 Å². The fraction of sp³-hybridized carbons (Fsp3) is 0.385. The fourth-order valence-corrected chi connectivity index (χ4v) is 1.89. The van der Waals surface area contributed by atoms with Gasteiger partial charge in [0.2, 0.25) is 5.96 Å². The number of methoxy groups -OCH3 is 1. The third-order valence-corrected chi connectivity index (χ3v) is 2.74. The van der Waals surface area contributed by atoms with E-state index in [4.69, 9.17) is 4.74 Å². The van der Waals surface area contributed by atoms with Crippen LogP contribution < -0.4 is 15.4 Å². The summed E-state index contributed by atoms with van der Waals surface area (Å²) in [6.07, 6.45) is -0.537. The molecule has 1 atom stereocenters. The number of alkyl carbamates (subject to hydrolysis) is 1. The van der Waals surface area contributed by atoms with Crippen LogP contribution in [0.15, 0.2) is 29.3 Å². The minimum absolute atomic E-state index is 0.00472. The van der Waals surface area contributed by atoms with Crippen LogP contribution in [0, 0.1) is 0 Å². The maximum atomic E-state index is 11.1. The lowest BCUT2D eigenvalue weighted by molar-refractivity contribution is 0.176. The highest BCUT2D eigenvalue weighted by atomic mass is 16.5. The number of guanidine groups is 1. The molecule has 1 aliphatic rings. The first kappa shape index (κ1) is 13.2. The molecule has 0 fully saturated rings. The Kier molecular flexibility index (Phi) is 4.22. The number of carbonyl (C=O) groups is 1. The number of rotatable bonds is 3. The molecule has 1 aromatic carbocycles. The number of benzene rings is 1. The molecule has 1 aromatic rings. The van der Waals surface area contributed by atoms with Crippen LogP contribution in [0.2, 0.25) is 0 Å². The summed E-state index contributed by atoms with van der Waals surface area (Å²) in [5, 5.41) is 5.65. The minimum Gasteiger partial charge on any atom is -0.494 e. The first-order valence-electron chi connectivity index (χ1n) is 6.12. The second kappa shape index (κ2) is 6.08. The van der Waals surface area contributed by atoms with Gasteiger partial charge in [-0.2, -0.15) is 0 Å². The van der Waals surface area contributed by atoms with Crippen molar-refractivity contribution < 1.29 is 14.3 Å². The minimum atomic E-state index is -0.537. The third kappa shape index (κ3) is 3.15. The number of carbonyl (C=O) groups excluding carboxylic acids is 1. The van der Waals surface area contributed by atoms with Crippen LogP contribution in [0.4, 0.5) is 4.79 Å².